The molecular formula is C25H34F3N3O6. The van der Waals surface area contributed by atoms with E-state index in [0.29, 0.717) is 12.2 Å². The third kappa shape index (κ3) is 9.58. The molecule has 0 atom stereocenters. The number of aromatic nitrogens is 3. The Morgan fingerprint density at radius 1 is 1.08 bits per heavy atom. The van der Waals surface area contributed by atoms with Gasteiger partial charge in [0.2, 0.25) is 0 Å². The molecule has 0 radical (unpaired) electrons. The van der Waals surface area contributed by atoms with Gasteiger partial charge in [0.15, 0.2) is 5.60 Å². The van der Waals surface area contributed by atoms with Crippen LogP contribution in [0.25, 0.3) is 0 Å². The SMILES string of the molecule is CCOC(=O)C(C)(C)Oc1cccc(CCCCCOc2nn(CCCC(F)(F)F)c(=O)n(C)c2=O)c1. The standard InChI is InChI=1S/C25H34F3N3O6/c1-5-35-22(33)24(2,3)37-19-13-9-12-18(17-19)11-7-6-8-16-36-20-21(32)30(4)23(34)31(29-20)15-10-14-25(26,27)28/h9,12-13,17H,5-8,10-11,14-16H2,1-4H3. The highest BCUT2D eigenvalue weighted by molar-refractivity contribution is 5.79. The molecule has 9 nitrogen and oxygen atoms in total. The molecule has 1 heterocycles. The van der Waals surface area contributed by atoms with Gasteiger partial charge in [-0.1, -0.05) is 12.1 Å². The van der Waals surface area contributed by atoms with Gasteiger partial charge in [0.25, 0.3) is 5.88 Å². The predicted molar refractivity (Wildman–Crippen MR) is 130 cm³/mol. The Hall–Kier alpha value is -3.31. The van der Waals surface area contributed by atoms with Gasteiger partial charge in [-0.05, 0) is 70.6 Å². The number of hydrogen-bond acceptors (Lipinski definition) is 7. The molecule has 0 saturated heterocycles. The van der Waals surface area contributed by atoms with Crippen molar-refractivity contribution in [3.63, 3.8) is 0 Å². The number of aryl methyl sites for hydroxylation is 2. The van der Waals surface area contributed by atoms with E-state index in [0.717, 1.165) is 34.1 Å². The molecule has 0 spiro atoms. The second kappa shape index (κ2) is 13.3. The number of carbonyl (C=O) groups excluding carboxylic acids is 1. The molecule has 1 aromatic carbocycles. The third-order valence-electron chi connectivity index (χ3n) is 5.42. The minimum absolute atomic E-state index is 0.167. The summed E-state index contributed by atoms with van der Waals surface area (Å²) in [5.74, 6) is -0.198. The minimum Gasteiger partial charge on any atom is -0.476 e. The molecule has 0 aliphatic rings. The number of carbonyl (C=O) groups is 1. The van der Waals surface area contributed by atoms with Crippen LogP contribution < -0.4 is 20.7 Å². The molecule has 0 aliphatic carbocycles. The van der Waals surface area contributed by atoms with Gasteiger partial charge in [0, 0.05) is 20.0 Å². The van der Waals surface area contributed by atoms with Crippen molar-refractivity contribution < 1.29 is 32.2 Å². The van der Waals surface area contributed by atoms with Crippen molar-refractivity contribution >= 4 is 5.97 Å². The molecule has 0 saturated carbocycles. The summed E-state index contributed by atoms with van der Waals surface area (Å²) in [4.78, 5) is 36.4. The first-order valence-corrected chi connectivity index (χ1v) is 12.2. The largest absolute Gasteiger partial charge is 0.476 e. The van der Waals surface area contributed by atoms with Gasteiger partial charge in [0.1, 0.15) is 5.75 Å². The van der Waals surface area contributed by atoms with E-state index in [-0.39, 0.29) is 32.1 Å². The third-order valence-corrected chi connectivity index (χ3v) is 5.42. The quantitative estimate of drug-likeness (QED) is 0.271. The molecule has 1 aromatic heterocycles. The Morgan fingerprint density at radius 3 is 2.49 bits per heavy atom. The first-order chi connectivity index (χ1) is 17.3. The van der Waals surface area contributed by atoms with Crippen molar-refractivity contribution in [3.8, 4) is 11.6 Å². The molecule has 0 aliphatic heterocycles. The Balaban J connectivity index is 1.84. The van der Waals surface area contributed by atoms with Crippen molar-refractivity contribution in [1.82, 2.24) is 14.3 Å². The van der Waals surface area contributed by atoms with E-state index >= 15 is 0 Å². The average molecular weight is 530 g/mol. The summed E-state index contributed by atoms with van der Waals surface area (Å²) >= 11 is 0. The molecule has 0 amide bonds. The van der Waals surface area contributed by atoms with E-state index < -0.39 is 35.4 Å². The van der Waals surface area contributed by atoms with Crippen LogP contribution in [0, 0.1) is 0 Å². The van der Waals surface area contributed by atoms with E-state index in [1.165, 1.54) is 7.05 Å². The number of halogens is 3. The number of alkyl halides is 3. The maximum Gasteiger partial charge on any atom is 0.389 e. The predicted octanol–water partition coefficient (Wildman–Crippen LogP) is 3.80. The van der Waals surface area contributed by atoms with Crippen molar-refractivity contribution in [1.29, 1.82) is 0 Å². The van der Waals surface area contributed by atoms with Gasteiger partial charge >= 0.3 is 23.4 Å². The first-order valence-electron chi connectivity index (χ1n) is 12.2. The lowest BCUT2D eigenvalue weighted by Crippen LogP contribution is -2.40. The van der Waals surface area contributed by atoms with Crippen LogP contribution in [0.3, 0.4) is 0 Å². The summed E-state index contributed by atoms with van der Waals surface area (Å²) in [6.45, 7) is 5.19. The lowest BCUT2D eigenvalue weighted by atomic mass is 10.1. The van der Waals surface area contributed by atoms with Gasteiger partial charge in [-0.25, -0.2) is 14.3 Å². The van der Waals surface area contributed by atoms with Gasteiger partial charge in [-0.3, -0.25) is 9.36 Å². The highest BCUT2D eigenvalue weighted by atomic mass is 19.4. The van der Waals surface area contributed by atoms with Crippen LogP contribution in [0.1, 0.15) is 58.4 Å². The summed E-state index contributed by atoms with van der Waals surface area (Å²) in [7, 11) is 1.23. The summed E-state index contributed by atoms with van der Waals surface area (Å²) in [5, 5.41) is 3.81. The van der Waals surface area contributed by atoms with E-state index in [9.17, 15) is 27.6 Å². The number of esters is 1. The smallest absolute Gasteiger partial charge is 0.389 e. The van der Waals surface area contributed by atoms with Crippen molar-refractivity contribution in [3.05, 3.63) is 50.7 Å². The lowest BCUT2D eigenvalue weighted by Gasteiger charge is -2.24. The lowest BCUT2D eigenvalue weighted by molar-refractivity contribution is -0.158. The Kier molecular flexibility index (Phi) is 10.8. The molecule has 2 aromatic rings. The fourth-order valence-corrected chi connectivity index (χ4v) is 3.45. The van der Waals surface area contributed by atoms with E-state index in [1.54, 1.807) is 26.8 Å². The Morgan fingerprint density at radius 2 is 1.81 bits per heavy atom. The van der Waals surface area contributed by atoms with Crippen LogP contribution in [0.15, 0.2) is 33.9 Å². The maximum atomic E-state index is 12.4. The fraction of sp³-hybridized carbons (Fsp3) is 0.600. The van der Waals surface area contributed by atoms with Gasteiger partial charge in [0.05, 0.1) is 13.2 Å². The highest BCUT2D eigenvalue weighted by Crippen LogP contribution is 2.22. The van der Waals surface area contributed by atoms with E-state index in [4.69, 9.17) is 14.2 Å². The zero-order valence-corrected chi connectivity index (χ0v) is 21.6. The van der Waals surface area contributed by atoms with Gasteiger partial charge in [-0.15, -0.1) is 5.10 Å². The number of rotatable bonds is 14. The molecule has 0 bridgehead atoms. The minimum atomic E-state index is -4.34. The van der Waals surface area contributed by atoms with Crippen LogP contribution >= 0.6 is 0 Å². The Bertz CT molecular complexity index is 1160. The zero-order valence-electron chi connectivity index (χ0n) is 21.6. The molecule has 12 heteroatoms. The highest BCUT2D eigenvalue weighted by Gasteiger charge is 2.31. The number of ether oxygens (including phenoxy) is 3. The number of unbranched alkanes of at least 4 members (excludes halogenated alkanes) is 2. The molecular weight excluding hydrogens is 495 g/mol. The molecule has 0 unspecified atom stereocenters. The summed E-state index contributed by atoms with van der Waals surface area (Å²) < 4.78 is 55.1. The second-order valence-corrected chi connectivity index (χ2v) is 9.03. The van der Waals surface area contributed by atoms with Crippen molar-refractivity contribution in [2.75, 3.05) is 13.2 Å². The molecule has 0 N–H and O–H groups in total. The fourth-order valence-electron chi connectivity index (χ4n) is 3.45. The maximum absolute atomic E-state index is 12.4. The number of hydrogen-bond donors (Lipinski definition) is 0. The summed E-state index contributed by atoms with van der Waals surface area (Å²) in [6, 6.07) is 7.44. The van der Waals surface area contributed by atoms with Gasteiger partial charge in [-0.2, -0.15) is 13.2 Å². The normalized spacial score (nSPS) is 11.9. The second-order valence-electron chi connectivity index (χ2n) is 9.03. The van der Waals surface area contributed by atoms with E-state index in [1.807, 2.05) is 18.2 Å². The van der Waals surface area contributed by atoms with Crippen LogP contribution in [0.4, 0.5) is 13.2 Å². The molecule has 206 valence electrons. The molecule has 0 fully saturated rings. The van der Waals surface area contributed by atoms with Crippen LogP contribution in [0.2, 0.25) is 0 Å². The Labute approximate surface area is 213 Å². The summed E-state index contributed by atoms with van der Waals surface area (Å²) in [6.07, 6.45) is -2.79. The van der Waals surface area contributed by atoms with Crippen LogP contribution in [-0.2, 0) is 29.5 Å². The van der Waals surface area contributed by atoms with Crippen LogP contribution in [0.5, 0.6) is 11.6 Å². The topological polar surface area (TPSA) is 102 Å². The first kappa shape index (κ1) is 29.9. The van der Waals surface area contributed by atoms with Crippen molar-refractivity contribution in [2.45, 2.75) is 77.6 Å². The number of benzene rings is 1. The monoisotopic (exact) mass is 529 g/mol. The number of nitrogens with zero attached hydrogens (tertiary/aromatic N) is 3. The zero-order chi connectivity index (χ0) is 27.6. The van der Waals surface area contributed by atoms with Crippen LogP contribution in [-0.4, -0.2) is 45.3 Å². The average Bonchev–Trinajstić information content (AvgIpc) is 2.81. The molecule has 2 rings (SSSR count). The van der Waals surface area contributed by atoms with Crippen molar-refractivity contribution in [2.24, 2.45) is 7.05 Å². The van der Waals surface area contributed by atoms with Gasteiger partial charge < -0.3 is 14.2 Å². The summed E-state index contributed by atoms with van der Waals surface area (Å²) in [5.41, 5.74) is -1.62. The molecule has 37 heavy (non-hydrogen) atoms. The van der Waals surface area contributed by atoms with E-state index in [2.05, 4.69) is 5.10 Å².